The lowest BCUT2D eigenvalue weighted by Gasteiger charge is -2.14. The zero-order valence-corrected chi connectivity index (χ0v) is 13.3. The summed E-state index contributed by atoms with van der Waals surface area (Å²) in [5.74, 6) is 0.982. The van der Waals surface area contributed by atoms with Gasteiger partial charge in [-0.1, -0.05) is 12.1 Å². The van der Waals surface area contributed by atoms with Crippen LogP contribution in [0.25, 0.3) is 6.08 Å². The molecule has 1 aliphatic rings. The highest BCUT2D eigenvalue weighted by Gasteiger charge is 2.30. The van der Waals surface area contributed by atoms with Gasteiger partial charge in [-0.2, -0.15) is 5.10 Å². The molecule has 1 fully saturated rings. The summed E-state index contributed by atoms with van der Waals surface area (Å²) in [6.07, 6.45) is 6.96. The van der Waals surface area contributed by atoms with E-state index in [1.54, 1.807) is 30.5 Å². The number of carbonyl (C=O) groups is 1. The van der Waals surface area contributed by atoms with Crippen molar-refractivity contribution in [1.82, 2.24) is 9.78 Å². The number of nitro benzene ring substituents is 1. The first-order valence-corrected chi connectivity index (χ1v) is 7.81. The van der Waals surface area contributed by atoms with Crippen molar-refractivity contribution in [2.75, 3.05) is 5.32 Å². The number of carbonyl (C=O) groups excluding carboxylic acids is 1. The number of nitrogens with one attached hydrogen (secondary N) is 1. The van der Waals surface area contributed by atoms with Gasteiger partial charge in [0.2, 0.25) is 5.91 Å². The molecule has 1 aromatic heterocycles. The third kappa shape index (κ3) is 3.68. The zero-order chi connectivity index (χ0) is 17.1. The van der Waals surface area contributed by atoms with Crippen LogP contribution in [0.2, 0.25) is 0 Å². The van der Waals surface area contributed by atoms with E-state index < -0.39 is 4.92 Å². The Morgan fingerprint density at radius 2 is 2.25 bits per heavy atom. The van der Waals surface area contributed by atoms with Gasteiger partial charge >= 0.3 is 0 Å². The second-order valence-electron chi connectivity index (χ2n) is 5.91. The van der Waals surface area contributed by atoms with Crippen molar-refractivity contribution in [2.24, 2.45) is 5.92 Å². The number of nitrogens with zero attached hydrogens (tertiary/aromatic N) is 3. The first kappa shape index (κ1) is 15.9. The van der Waals surface area contributed by atoms with Crippen LogP contribution in [-0.4, -0.2) is 20.6 Å². The molecule has 7 nitrogen and oxygen atoms in total. The van der Waals surface area contributed by atoms with E-state index in [0.29, 0.717) is 17.3 Å². The SMILES string of the molecule is CC(C1CC1)n1nccc1NC(=O)/C=C/c1cccc([N+](=O)[O-])c1. The fourth-order valence-electron chi connectivity index (χ4n) is 2.60. The van der Waals surface area contributed by atoms with Crippen molar-refractivity contribution in [3.05, 3.63) is 58.3 Å². The minimum Gasteiger partial charge on any atom is -0.307 e. The fraction of sp³-hybridized carbons (Fsp3) is 0.294. The molecule has 0 saturated heterocycles. The predicted octanol–water partition coefficient (Wildman–Crippen LogP) is 3.41. The van der Waals surface area contributed by atoms with Gasteiger partial charge in [-0.15, -0.1) is 0 Å². The van der Waals surface area contributed by atoms with Crippen molar-refractivity contribution in [2.45, 2.75) is 25.8 Å². The molecule has 1 heterocycles. The Labute approximate surface area is 139 Å². The number of rotatable bonds is 6. The second kappa shape index (κ2) is 6.66. The molecule has 1 N–H and O–H groups in total. The lowest BCUT2D eigenvalue weighted by molar-refractivity contribution is -0.384. The molecule has 2 aromatic rings. The van der Waals surface area contributed by atoms with Gasteiger partial charge in [0, 0.05) is 24.3 Å². The van der Waals surface area contributed by atoms with Crippen molar-refractivity contribution in [1.29, 1.82) is 0 Å². The van der Waals surface area contributed by atoms with E-state index in [1.807, 2.05) is 4.68 Å². The Morgan fingerprint density at radius 3 is 2.96 bits per heavy atom. The number of non-ortho nitro benzene ring substituents is 1. The van der Waals surface area contributed by atoms with E-state index in [-0.39, 0.29) is 17.6 Å². The third-order valence-corrected chi connectivity index (χ3v) is 4.12. The summed E-state index contributed by atoms with van der Waals surface area (Å²) in [4.78, 5) is 22.4. The van der Waals surface area contributed by atoms with Crippen molar-refractivity contribution in [3.63, 3.8) is 0 Å². The first-order valence-electron chi connectivity index (χ1n) is 7.81. The first-order chi connectivity index (χ1) is 11.5. The van der Waals surface area contributed by atoms with E-state index in [9.17, 15) is 14.9 Å². The van der Waals surface area contributed by atoms with Crippen molar-refractivity contribution < 1.29 is 9.72 Å². The summed E-state index contributed by atoms with van der Waals surface area (Å²) in [6, 6.07) is 8.14. The monoisotopic (exact) mass is 326 g/mol. The molecule has 0 radical (unpaired) electrons. The maximum atomic E-state index is 12.1. The summed E-state index contributed by atoms with van der Waals surface area (Å²) in [7, 11) is 0. The Hall–Kier alpha value is -2.96. The molecule has 24 heavy (non-hydrogen) atoms. The molecule has 7 heteroatoms. The van der Waals surface area contributed by atoms with Gasteiger partial charge < -0.3 is 5.32 Å². The summed E-state index contributed by atoms with van der Waals surface area (Å²) in [5.41, 5.74) is 0.591. The molecule has 0 bridgehead atoms. The summed E-state index contributed by atoms with van der Waals surface area (Å²) < 4.78 is 1.83. The van der Waals surface area contributed by atoms with E-state index in [0.717, 1.165) is 0 Å². The largest absolute Gasteiger partial charge is 0.307 e. The van der Waals surface area contributed by atoms with Crippen LogP contribution < -0.4 is 5.32 Å². The molecule has 1 atom stereocenters. The van der Waals surface area contributed by atoms with Crippen LogP contribution in [0.5, 0.6) is 0 Å². The quantitative estimate of drug-likeness (QED) is 0.500. The number of amides is 1. The van der Waals surface area contributed by atoms with Gasteiger partial charge in [0.05, 0.1) is 17.2 Å². The number of hydrogen-bond donors (Lipinski definition) is 1. The van der Waals surface area contributed by atoms with E-state index in [4.69, 9.17) is 0 Å². The number of aromatic nitrogens is 2. The molecule has 1 saturated carbocycles. The Morgan fingerprint density at radius 1 is 1.46 bits per heavy atom. The smallest absolute Gasteiger partial charge is 0.270 e. The maximum Gasteiger partial charge on any atom is 0.270 e. The predicted molar refractivity (Wildman–Crippen MR) is 90.4 cm³/mol. The molecule has 0 aliphatic heterocycles. The highest BCUT2D eigenvalue weighted by atomic mass is 16.6. The Balaban J connectivity index is 1.67. The van der Waals surface area contributed by atoms with Gasteiger partial charge in [0.15, 0.2) is 0 Å². The third-order valence-electron chi connectivity index (χ3n) is 4.12. The molecular formula is C17H18N4O3. The van der Waals surface area contributed by atoms with Gasteiger partial charge in [0.25, 0.3) is 5.69 Å². The molecule has 1 aliphatic carbocycles. The fourth-order valence-corrected chi connectivity index (χ4v) is 2.60. The molecule has 0 spiro atoms. The summed E-state index contributed by atoms with van der Waals surface area (Å²) in [6.45, 7) is 2.10. The van der Waals surface area contributed by atoms with Crippen LogP contribution in [0, 0.1) is 16.0 Å². The summed E-state index contributed by atoms with van der Waals surface area (Å²) >= 11 is 0. The minimum atomic E-state index is -0.463. The number of benzene rings is 1. The van der Waals surface area contributed by atoms with Gasteiger partial charge in [0.1, 0.15) is 5.82 Å². The minimum absolute atomic E-state index is 0.00565. The Bertz CT molecular complexity index is 793. The van der Waals surface area contributed by atoms with Crippen LogP contribution in [0.4, 0.5) is 11.5 Å². The highest BCUT2D eigenvalue weighted by molar-refractivity contribution is 6.01. The van der Waals surface area contributed by atoms with E-state index in [2.05, 4.69) is 17.3 Å². The standard InChI is InChI=1S/C17H18N4O3/c1-12(14-6-7-14)20-16(9-10-18-20)19-17(22)8-5-13-3-2-4-15(11-13)21(23)24/h2-5,8-12,14H,6-7H2,1H3,(H,19,22)/b8-5+. The van der Waals surface area contributed by atoms with Crippen LogP contribution in [0.1, 0.15) is 31.4 Å². The average molecular weight is 326 g/mol. The van der Waals surface area contributed by atoms with Crippen molar-refractivity contribution >= 4 is 23.5 Å². The van der Waals surface area contributed by atoms with Gasteiger partial charge in [-0.3, -0.25) is 14.9 Å². The van der Waals surface area contributed by atoms with Gasteiger partial charge in [-0.05, 0) is 37.3 Å². The average Bonchev–Trinajstić information content (AvgIpc) is 3.32. The van der Waals surface area contributed by atoms with Crippen LogP contribution in [0.3, 0.4) is 0 Å². The number of nitro groups is 1. The lowest BCUT2D eigenvalue weighted by atomic mass is 10.2. The molecule has 1 aromatic carbocycles. The maximum absolute atomic E-state index is 12.1. The Kier molecular flexibility index (Phi) is 4.41. The van der Waals surface area contributed by atoms with Gasteiger partial charge in [-0.25, -0.2) is 4.68 Å². The summed E-state index contributed by atoms with van der Waals surface area (Å²) in [5, 5.41) is 17.8. The van der Waals surface area contributed by atoms with Crippen molar-refractivity contribution in [3.8, 4) is 0 Å². The molecular weight excluding hydrogens is 308 g/mol. The number of hydrogen-bond acceptors (Lipinski definition) is 4. The number of anilines is 1. The highest BCUT2D eigenvalue weighted by Crippen LogP contribution is 2.40. The zero-order valence-electron chi connectivity index (χ0n) is 13.3. The van der Waals surface area contributed by atoms with Crippen LogP contribution >= 0.6 is 0 Å². The van der Waals surface area contributed by atoms with E-state index >= 15 is 0 Å². The normalized spacial score (nSPS) is 15.4. The second-order valence-corrected chi connectivity index (χ2v) is 5.91. The topological polar surface area (TPSA) is 90.1 Å². The molecule has 3 rings (SSSR count). The molecule has 1 unspecified atom stereocenters. The van der Waals surface area contributed by atoms with Crippen LogP contribution in [0.15, 0.2) is 42.6 Å². The van der Waals surface area contributed by atoms with Crippen LogP contribution in [-0.2, 0) is 4.79 Å². The lowest BCUT2D eigenvalue weighted by Crippen LogP contribution is -2.16. The molecule has 1 amide bonds. The molecule has 124 valence electrons. The van der Waals surface area contributed by atoms with E-state index in [1.165, 1.54) is 31.1 Å².